The first kappa shape index (κ1) is 9.64. The minimum Gasteiger partial charge on any atom is -0.383 e. The molecule has 0 aliphatic carbocycles. The van der Waals surface area contributed by atoms with Gasteiger partial charge in [-0.1, -0.05) is 6.07 Å². The topological polar surface area (TPSA) is 24.9 Å². The van der Waals surface area contributed by atoms with Crippen molar-refractivity contribution in [3.63, 3.8) is 0 Å². The monoisotopic (exact) mass is 212 g/mol. The summed E-state index contributed by atoms with van der Waals surface area (Å²) in [4.78, 5) is 4.53. The fraction of sp³-hybridized carbons (Fsp3) is 0.357. The first-order valence-electron chi connectivity index (χ1n) is 5.89. The van der Waals surface area contributed by atoms with Gasteiger partial charge in [-0.05, 0) is 49.4 Å². The van der Waals surface area contributed by atoms with Crippen molar-refractivity contribution in [2.24, 2.45) is 0 Å². The molecule has 2 heterocycles. The van der Waals surface area contributed by atoms with E-state index in [2.05, 4.69) is 30.2 Å². The lowest BCUT2D eigenvalue weighted by Gasteiger charge is -2.23. The number of fused-ring (bicyclic) bond motifs is 3. The largest absolute Gasteiger partial charge is 0.383 e. The van der Waals surface area contributed by atoms with E-state index >= 15 is 0 Å². The number of nitrogens with zero attached hydrogens (tertiary/aromatic N) is 1. The number of pyridine rings is 1. The Morgan fingerprint density at radius 2 is 2.12 bits per heavy atom. The van der Waals surface area contributed by atoms with Crippen molar-refractivity contribution in [2.75, 3.05) is 11.9 Å². The number of aryl methyl sites for hydroxylation is 1. The van der Waals surface area contributed by atoms with Crippen LogP contribution < -0.4 is 5.32 Å². The summed E-state index contributed by atoms with van der Waals surface area (Å²) < 4.78 is 0. The SMILES string of the molecule is Cc1c2c(c3ncccc3c1C)NCCC2. The maximum Gasteiger partial charge on any atom is 0.0938 e. The Balaban J connectivity index is 2.45. The third-order valence-electron chi connectivity index (χ3n) is 3.67. The molecular formula is C14H16N2. The second-order valence-electron chi connectivity index (χ2n) is 4.53. The molecule has 0 saturated carbocycles. The van der Waals surface area contributed by atoms with Gasteiger partial charge in [0.05, 0.1) is 11.2 Å². The van der Waals surface area contributed by atoms with E-state index in [-0.39, 0.29) is 0 Å². The molecule has 0 spiro atoms. The first-order valence-corrected chi connectivity index (χ1v) is 5.89. The van der Waals surface area contributed by atoms with Gasteiger partial charge in [0.1, 0.15) is 0 Å². The van der Waals surface area contributed by atoms with Gasteiger partial charge in [-0.15, -0.1) is 0 Å². The van der Waals surface area contributed by atoms with Gasteiger partial charge in [-0.3, -0.25) is 4.98 Å². The van der Waals surface area contributed by atoms with Gasteiger partial charge >= 0.3 is 0 Å². The predicted molar refractivity (Wildman–Crippen MR) is 68.0 cm³/mol. The van der Waals surface area contributed by atoms with Gasteiger partial charge in [0.15, 0.2) is 0 Å². The maximum atomic E-state index is 4.53. The Morgan fingerprint density at radius 1 is 1.25 bits per heavy atom. The average Bonchev–Trinajstić information content (AvgIpc) is 2.36. The van der Waals surface area contributed by atoms with E-state index in [4.69, 9.17) is 0 Å². The normalized spacial score (nSPS) is 14.6. The summed E-state index contributed by atoms with van der Waals surface area (Å²) in [6.45, 7) is 5.50. The summed E-state index contributed by atoms with van der Waals surface area (Å²) in [5.74, 6) is 0. The van der Waals surface area contributed by atoms with Crippen LogP contribution in [0.3, 0.4) is 0 Å². The fourth-order valence-corrected chi connectivity index (χ4v) is 2.65. The third-order valence-corrected chi connectivity index (χ3v) is 3.67. The van der Waals surface area contributed by atoms with Gasteiger partial charge in [0.2, 0.25) is 0 Å². The maximum absolute atomic E-state index is 4.53. The van der Waals surface area contributed by atoms with Crippen molar-refractivity contribution < 1.29 is 0 Å². The first-order chi connectivity index (χ1) is 7.79. The highest BCUT2D eigenvalue weighted by molar-refractivity contribution is 5.96. The Kier molecular flexibility index (Phi) is 2.10. The Hall–Kier alpha value is -1.57. The zero-order chi connectivity index (χ0) is 11.1. The molecule has 0 saturated heterocycles. The van der Waals surface area contributed by atoms with Crippen LogP contribution >= 0.6 is 0 Å². The second kappa shape index (κ2) is 3.48. The van der Waals surface area contributed by atoms with Crippen LogP contribution in [0.1, 0.15) is 23.1 Å². The summed E-state index contributed by atoms with van der Waals surface area (Å²) in [7, 11) is 0. The molecule has 2 heteroatoms. The molecule has 1 N–H and O–H groups in total. The predicted octanol–water partition coefficient (Wildman–Crippen LogP) is 3.21. The molecule has 2 nitrogen and oxygen atoms in total. The quantitative estimate of drug-likeness (QED) is 0.725. The molecule has 1 aromatic heterocycles. The van der Waals surface area contributed by atoms with Crippen molar-refractivity contribution in [3.05, 3.63) is 35.0 Å². The number of nitrogens with one attached hydrogen (secondary N) is 1. The highest BCUT2D eigenvalue weighted by atomic mass is 14.9. The smallest absolute Gasteiger partial charge is 0.0938 e. The summed E-state index contributed by atoms with van der Waals surface area (Å²) in [5, 5.41) is 4.80. The van der Waals surface area contributed by atoms with Crippen molar-refractivity contribution in [2.45, 2.75) is 26.7 Å². The Bertz CT molecular complexity index is 558. The van der Waals surface area contributed by atoms with Crippen LogP contribution in [0.5, 0.6) is 0 Å². The molecule has 0 amide bonds. The molecule has 3 rings (SSSR count). The molecule has 0 radical (unpaired) electrons. The van der Waals surface area contributed by atoms with Crippen molar-refractivity contribution >= 4 is 16.6 Å². The Morgan fingerprint density at radius 3 is 3.00 bits per heavy atom. The van der Waals surface area contributed by atoms with Gasteiger partial charge in [0.25, 0.3) is 0 Å². The van der Waals surface area contributed by atoms with E-state index in [1.807, 2.05) is 12.3 Å². The molecular weight excluding hydrogens is 196 g/mol. The van der Waals surface area contributed by atoms with Crippen LogP contribution in [-0.2, 0) is 6.42 Å². The third kappa shape index (κ3) is 1.22. The number of benzene rings is 1. The lowest BCUT2D eigenvalue weighted by molar-refractivity contribution is 0.825. The van der Waals surface area contributed by atoms with Crippen molar-refractivity contribution in [1.29, 1.82) is 0 Å². The minimum atomic E-state index is 1.07. The highest BCUT2D eigenvalue weighted by Gasteiger charge is 2.17. The molecule has 0 bridgehead atoms. The van der Waals surface area contributed by atoms with Crippen molar-refractivity contribution in [3.8, 4) is 0 Å². The van der Waals surface area contributed by atoms with Gasteiger partial charge in [-0.25, -0.2) is 0 Å². The van der Waals surface area contributed by atoms with Crippen LogP contribution in [0.2, 0.25) is 0 Å². The number of anilines is 1. The van der Waals surface area contributed by atoms with E-state index in [9.17, 15) is 0 Å². The van der Waals surface area contributed by atoms with E-state index in [1.165, 1.54) is 40.6 Å². The molecule has 82 valence electrons. The van der Waals surface area contributed by atoms with Gasteiger partial charge < -0.3 is 5.32 Å². The molecule has 2 aromatic rings. The number of rotatable bonds is 0. The number of hydrogen-bond donors (Lipinski definition) is 1. The van der Waals surface area contributed by atoms with Crippen LogP contribution in [0.15, 0.2) is 18.3 Å². The zero-order valence-electron chi connectivity index (χ0n) is 9.80. The van der Waals surface area contributed by atoms with Gasteiger partial charge in [0, 0.05) is 18.1 Å². The number of hydrogen-bond acceptors (Lipinski definition) is 2. The van der Waals surface area contributed by atoms with Crippen LogP contribution in [0.4, 0.5) is 5.69 Å². The summed E-state index contributed by atoms with van der Waals surface area (Å²) in [5.41, 5.74) is 6.69. The van der Waals surface area contributed by atoms with E-state index in [1.54, 1.807) is 0 Å². The van der Waals surface area contributed by atoms with Crippen LogP contribution in [0, 0.1) is 13.8 Å². The van der Waals surface area contributed by atoms with Crippen molar-refractivity contribution in [1.82, 2.24) is 4.98 Å². The molecule has 16 heavy (non-hydrogen) atoms. The average molecular weight is 212 g/mol. The highest BCUT2D eigenvalue weighted by Crippen LogP contribution is 2.35. The molecule has 1 aliphatic heterocycles. The zero-order valence-corrected chi connectivity index (χ0v) is 9.80. The number of aromatic nitrogens is 1. The van der Waals surface area contributed by atoms with E-state index < -0.39 is 0 Å². The van der Waals surface area contributed by atoms with Crippen LogP contribution in [-0.4, -0.2) is 11.5 Å². The molecule has 1 aromatic carbocycles. The lowest BCUT2D eigenvalue weighted by Crippen LogP contribution is -2.14. The molecule has 0 unspecified atom stereocenters. The fourth-order valence-electron chi connectivity index (χ4n) is 2.65. The summed E-state index contributed by atoms with van der Waals surface area (Å²) >= 11 is 0. The second-order valence-corrected chi connectivity index (χ2v) is 4.53. The van der Waals surface area contributed by atoms with Gasteiger partial charge in [-0.2, -0.15) is 0 Å². The van der Waals surface area contributed by atoms with E-state index in [0.717, 1.165) is 12.1 Å². The molecule has 0 fully saturated rings. The minimum absolute atomic E-state index is 1.07. The van der Waals surface area contributed by atoms with E-state index in [0.29, 0.717) is 0 Å². The molecule has 1 aliphatic rings. The summed E-state index contributed by atoms with van der Waals surface area (Å²) in [6, 6.07) is 4.19. The standard InChI is InChI=1S/C14H16N2/c1-9-10(2)12-6-4-8-16-14(12)13-11(9)5-3-7-15-13/h3,5,7,16H,4,6,8H2,1-2H3. The summed E-state index contributed by atoms with van der Waals surface area (Å²) in [6.07, 6.45) is 4.29. The lowest BCUT2D eigenvalue weighted by atomic mass is 9.91. The van der Waals surface area contributed by atoms with Crippen LogP contribution in [0.25, 0.3) is 10.9 Å². The Labute approximate surface area is 95.7 Å². The molecule has 0 atom stereocenters.